The van der Waals surface area contributed by atoms with Gasteiger partial charge in [0.1, 0.15) is 17.9 Å². The first-order valence-corrected chi connectivity index (χ1v) is 14.1. The van der Waals surface area contributed by atoms with Crippen LogP contribution in [-0.4, -0.2) is 52.1 Å². The first-order chi connectivity index (χ1) is 19.7. The summed E-state index contributed by atoms with van der Waals surface area (Å²) in [6, 6.07) is 14.5. The van der Waals surface area contributed by atoms with E-state index in [1.807, 2.05) is 13.1 Å². The highest BCUT2D eigenvalue weighted by Gasteiger charge is 2.53. The van der Waals surface area contributed by atoms with Crippen LogP contribution in [0, 0.1) is 11.8 Å². The molecule has 5 aromatic rings. The molecule has 8 heteroatoms. The third kappa shape index (κ3) is 3.12. The first-order valence-electron chi connectivity index (χ1n) is 14.1. The number of rotatable bonds is 2. The Kier molecular flexibility index (Phi) is 4.93. The van der Waals surface area contributed by atoms with Crippen LogP contribution in [0.25, 0.3) is 43.6 Å². The maximum atomic E-state index is 13.6. The van der Waals surface area contributed by atoms with E-state index in [2.05, 4.69) is 74.9 Å². The number of aliphatic hydroxyl groups is 1. The van der Waals surface area contributed by atoms with E-state index in [1.165, 1.54) is 0 Å². The van der Waals surface area contributed by atoms with Crippen molar-refractivity contribution in [1.82, 2.24) is 19.8 Å². The Morgan fingerprint density at radius 2 is 1.95 bits per heavy atom. The maximum absolute atomic E-state index is 13.6. The second-order valence-corrected chi connectivity index (χ2v) is 12.2. The largest absolute Gasteiger partial charge is 0.378 e. The van der Waals surface area contributed by atoms with Crippen LogP contribution >= 0.6 is 0 Å². The number of hydrogen-bond donors (Lipinski definition) is 3. The molecule has 8 rings (SSSR count). The molecule has 2 bridgehead atoms. The number of nitrogens with one attached hydrogen (secondary N) is 2. The predicted molar refractivity (Wildman–Crippen MR) is 159 cm³/mol. The van der Waals surface area contributed by atoms with E-state index in [0.29, 0.717) is 13.0 Å². The van der Waals surface area contributed by atoms with E-state index in [0.717, 1.165) is 60.3 Å². The van der Waals surface area contributed by atoms with Crippen molar-refractivity contribution in [2.45, 2.75) is 63.4 Å². The van der Waals surface area contributed by atoms with E-state index in [1.54, 1.807) is 21.0 Å². The van der Waals surface area contributed by atoms with Crippen molar-refractivity contribution in [3.05, 3.63) is 59.2 Å². The Balaban J connectivity index is 1.63. The van der Waals surface area contributed by atoms with E-state index in [-0.39, 0.29) is 24.3 Å². The number of hydrogen-bond acceptors (Lipinski definition) is 5. The normalized spacial score (nSPS) is 25.1. The second-order valence-electron chi connectivity index (χ2n) is 12.2. The topological polar surface area (TPSA) is 89.7 Å². The van der Waals surface area contributed by atoms with Gasteiger partial charge in [0, 0.05) is 53.2 Å². The average Bonchev–Trinajstić information content (AvgIpc) is 3.58. The molecule has 1 amide bonds. The van der Waals surface area contributed by atoms with Gasteiger partial charge in [-0.2, -0.15) is 0 Å². The first kappa shape index (κ1) is 24.9. The van der Waals surface area contributed by atoms with Gasteiger partial charge >= 0.3 is 0 Å². The Morgan fingerprint density at radius 1 is 1.15 bits per heavy atom. The fourth-order valence-corrected chi connectivity index (χ4v) is 7.69. The van der Waals surface area contributed by atoms with E-state index in [4.69, 9.17) is 9.47 Å². The molecule has 2 aromatic heterocycles. The van der Waals surface area contributed by atoms with Crippen molar-refractivity contribution in [1.29, 1.82) is 0 Å². The highest BCUT2D eigenvalue weighted by Crippen LogP contribution is 2.53. The lowest BCUT2D eigenvalue weighted by molar-refractivity contribution is -0.256. The van der Waals surface area contributed by atoms with Gasteiger partial charge in [-0.15, -0.1) is 0 Å². The number of ether oxygens (including phenoxy) is 2. The lowest BCUT2D eigenvalue weighted by atomic mass is 9.93. The van der Waals surface area contributed by atoms with Gasteiger partial charge in [0.25, 0.3) is 5.91 Å². The van der Waals surface area contributed by atoms with Crippen LogP contribution in [0.4, 0.5) is 0 Å². The molecule has 41 heavy (non-hydrogen) atoms. The zero-order chi connectivity index (χ0) is 28.4. The minimum Gasteiger partial charge on any atom is -0.378 e. The number of fused-ring (bicyclic) bond motifs is 13. The number of para-hydroxylation sites is 1. The average molecular weight is 549 g/mol. The van der Waals surface area contributed by atoms with Gasteiger partial charge in [-0.3, -0.25) is 4.79 Å². The second kappa shape index (κ2) is 8.11. The highest BCUT2D eigenvalue weighted by molar-refractivity contribution is 6.31. The molecule has 0 spiro atoms. The van der Waals surface area contributed by atoms with Gasteiger partial charge in [0.2, 0.25) is 0 Å². The summed E-state index contributed by atoms with van der Waals surface area (Å²) >= 11 is 0. The smallest absolute Gasteiger partial charge is 0.252 e. The summed E-state index contributed by atoms with van der Waals surface area (Å²) in [4.78, 5) is 13.6. The van der Waals surface area contributed by atoms with E-state index in [9.17, 15) is 9.90 Å². The predicted octanol–water partition coefficient (Wildman–Crippen LogP) is 4.48. The van der Waals surface area contributed by atoms with Gasteiger partial charge < -0.3 is 34.3 Å². The van der Waals surface area contributed by atoms with Crippen molar-refractivity contribution >= 4 is 49.5 Å². The van der Waals surface area contributed by atoms with Crippen LogP contribution in [0.3, 0.4) is 0 Å². The van der Waals surface area contributed by atoms with Crippen LogP contribution in [0.5, 0.6) is 0 Å². The number of amides is 1. The summed E-state index contributed by atoms with van der Waals surface area (Å²) in [5.74, 6) is 6.01. The quantitative estimate of drug-likeness (QED) is 0.283. The molecule has 2 unspecified atom stereocenters. The number of benzene rings is 3. The van der Waals surface area contributed by atoms with Gasteiger partial charge in [-0.25, -0.2) is 0 Å². The number of aromatic nitrogens is 2. The molecule has 4 atom stereocenters. The van der Waals surface area contributed by atoms with Crippen molar-refractivity contribution in [2.24, 2.45) is 0 Å². The molecular weight excluding hydrogens is 516 g/mol. The number of nitrogens with zero attached hydrogens (tertiary/aromatic N) is 2. The number of methoxy groups -OCH3 is 1. The van der Waals surface area contributed by atoms with Crippen molar-refractivity contribution in [3.8, 4) is 11.8 Å². The van der Waals surface area contributed by atoms with Crippen LogP contribution in [-0.2, 0) is 21.7 Å². The lowest BCUT2D eigenvalue weighted by Crippen LogP contribution is -2.59. The highest BCUT2D eigenvalue weighted by atomic mass is 16.6. The number of likely N-dealkylation sites (N-methyl/N-ethyl adjacent to an activating group) is 1. The molecule has 0 saturated carbocycles. The Hall–Kier alpha value is -3.87. The minimum absolute atomic E-state index is 0.0221. The SMILES string of the molecule is CNC1C[C@H]2O[C@@](C)(C1OC)n1c3ccccc3c3c4c(c5c6cc(C#CC(C)(C)O)ccc6n2c5c31)C(=O)NC4. The Labute approximate surface area is 237 Å². The number of carbonyl (C=O) groups is 1. The summed E-state index contributed by atoms with van der Waals surface area (Å²) < 4.78 is 18.0. The van der Waals surface area contributed by atoms with Gasteiger partial charge in [-0.1, -0.05) is 30.0 Å². The summed E-state index contributed by atoms with van der Waals surface area (Å²) in [6.07, 6.45) is 0.129. The molecule has 1 fully saturated rings. The molecule has 208 valence electrons. The minimum atomic E-state index is -1.11. The maximum Gasteiger partial charge on any atom is 0.252 e. The Bertz CT molecular complexity index is 2040. The van der Waals surface area contributed by atoms with Crippen LogP contribution < -0.4 is 10.6 Å². The van der Waals surface area contributed by atoms with Crippen LogP contribution in [0.2, 0.25) is 0 Å². The summed E-state index contributed by atoms with van der Waals surface area (Å²) in [5, 5.41) is 20.9. The standard InChI is InChI=1S/C33H32N4O4/c1-32(2,39)13-12-17-10-11-22-19(14-17)26-27-20(16-35-31(27)38)25-18-8-6-7-9-23(18)37-29(25)28(26)36(22)24-15-21(34-4)30(40-5)33(37,3)41-24/h6-11,14,21,24,30,34,39H,15-16H2,1-5H3,(H,35,38)/t21?,24-,30?,33+/m1/s1. The molecule has 3 aliphatic rings. The molecule has 5 heterocycles. The van der Waals surface area contributed by atoms with Crippen molar-refractivity contribution < 1.29 is 19.4 Å². The van der Waals surface area contributed by atoms with Crippen molar-refractivity contribution in [3.63, 3.8) is 0 Å². The van der Waals surface area contributed by atoms with E-state index < -0.39 is 11.3 Å². The molecule has 1 saturated heterocycles. The van der Waals surface area contributed by atoms with Gasteiger partial charge in [0.05, 0.1) is 27.6 Å². The lowest BCUT2D eigenvalue weighted by Gasteiger charge is -2.48. The Morgan fingerprint density at radius 3 is 2.71 bits per heavy atom. The monoisotopic (exact) mass is 548 g/mol. The summed E-state index contributed by atoms with van der Waals surface area (Å²) in [5.41, 5.74) is 4.67. The molecule has 3 N–H and O–H groups in total. The summed E-state index contributed by atoms with van der Waals surface area (Å²) in [7, 11) is 3.73. The molecule has 3 aliphatic heterocycles. The molecule has 0 radical (unpaired) electrons. The van der Waals surface area contributed by atoms with E-state index >= 15 is 0 Å². The number of carbonyl (C=O) groups excluding carboxylic acids is 1. The van der Waals surface area contributed by atoms with Crippen LogP contribution in [0.1, 0.15) is 54.9 Å². The third-order valence-corrected chi connectivity index (χ3v) is 9.20. The third-order valence-electron chi connectivity index (χ3n) is 9.20. The fraction of sp³-hybridized carbons (Fsp3) is 0.364. The molecule has 8 nitrogen and oxygen atoms in total. The van der Waals surface area contributed by atoms with Crippen LogP contribution in [0.15, 0.2) is 42.5 Å². The van der Waals surface area contributed by atoms with Gasteiger partial charge in [0.15, 0.2) is 5.72 Å². The fourth-order valence-electron chi connectivity index (χ4n) is 7.69. The van der Waals surface area contributed by atoms with Gasteiger partial charge in [-0.05, 0) is 57.6 Å². The zero-order valence-corrected chi connectivity index (χ0v) is 23.8. The molecule has 3 aromatic carbocycles. The molecule has 0 aliphatic carbocycles. The summed E-state index contributed by atoms with van der Waals surface area (Å²) in [6.45, 7) is 5.94. The molecular formula is C33H32N4O4. The zero-order valence-electron chi connectivity index (χ0n) is 23.8. The van der Waals surface area contributed by atoms with Crippen molar-refractivity contribution in [2.75, 3.05) is 14.2 Å².